The van der Waals surface area contributed by atoms with Crippen molar-refractivity contribution in [3.63, 3.8) is 0 Å². The summed E-state index contributed by atoms with van der Waals surface area (Å²) in [6.07, 6.45) is 2.37. The Morgan fingerprint density at radius 3 is 2.25 bits per heavy atom. The van der Waals surface area contributed by atoms with Gasteiger partial charge >= 0.3 is 0 Å². The van der Waals surface area contributed by atoms with Gasteiger partial charge in [0.25, 0.3) is 0 Å². The van der Waals surface area contributed by atoms with E-state index in [0.29, 0.717) is 12.1 Å². The van der Waals surface area contributed by atoms with E-state index in [1.807, 2.05) is 0 Å². The summed E-state index contributed by atoms with van der Waals surface area (Å²) in [6.45, 7) is 9.72. The Balaban J connectivity index is 3.39. The highest BCUT2D eigenvalue weighted by Gasteiger charge is 2.07. The molecule has 2 atom stereocenters. The Bertz CT molecular complexity index is 102. The van der Waals surface area contributed by atoms with Crippen molar-refractivity contribution in [2.75, 3.05) is 6.54 Å². The molecule has 0 aliphatic rings. The van der Waals surface area contributed by atoms with E-state index in [1.54, 1.807) is 0 Å². The number of hydrogen-bond donors (Lipinski definition) is 2. The van der Waals surface area contributed by atoms with Crippen LogP contribution >= 0.6 is 0 Å². The van der Waals surface area contributed by atoms with Crippen molar-refractivity contribution >= 4 is 0 Å². The lowest BCUT2D eigenvalue weighted by molar-refractivity contribution is 0.422. The van der Waals surface area contributed by atoms with Gasteiger partial charge in [-0.3, -0.25) is 0 Å². The molecule has 0 aromatic rings. The van der Waals surface area contributed by atoms with E-state index >= 15 is 0 Å². The molecular formula is C10H24N2. The van der Waals surface area contributed by atoms with Crippen LogP contribution in [0.1, 0.15) is 40.5 Å². The molecule has 3 N–H and O–H groups in total. The first-order chi connectivity index (χ1) is 5.56. The van der Waals surface area contributed by atoms with Crippen LogP contribution in [0, 0.1) is 5.92 Å². The Morgan fingerprint density at radius 1 is 1.25 bits per heavy atom. The molecule has 0 fully saturated rings. The topological polar surface area (TPSA) is 38.0 Å². The van der Waals surface area contributed by atoms with Gasteiger partial charge < -0.3 is 11.1 Å². The van der Waals surface area contributed by atoms with E-state index in [0.717, 1.165) is 18.9 Å². The molecule has 0 aromatic heterocycles. The number of nitrogens with one attached hydrogen (secondary N) is 1. The summed E-state index contributed by atoms with van der Waals surface area (Å²) in [4.78, 5) is 0. The van der Waals surface area contributed by atoms with Gasteiger partial charge in [-0.1, -0.05) is 34.1 Å². The van der Waals surface area contributed by atoms with Crippen LogP contribution in [0.15, 0.2) is 0 Å². The zero-order valence-electron chi connectivity index (χ0n) is 8.93. The van der Waals surface area contributed by atoms with E-state index < -0.39 is 0 Å². The van der Waals surface area contributed by atoms with Crippen molar-refractivity contribution in [2.45, 2.75) is 52.6 Å². The van der Waals surface area contributed by atoms with Crippen molar-refractivity contribution in [2.24, 2.45) is 11.7 Å². The third-order valence-corrected chi connectivity index (χ3v) is 2.19. The highest BCUT2D eigenvalue weighted by molar-refractivity contribution is 4.68. The molecule has 0 aromatic carbocycles. The van der Waals surface area contributed by atoms with Crippen LogP contribution in [0.25, 0.3) is 0 Å². The van der Waals surface area contributed by atoms with Gasteiger partial charge in [0.2, 0.25) is 0 Å². The Labute approximate surface area is 76.9 Å². The minimum atomic E-state index is 0.322. The van der Waals surface area contributed by atoms with Crippen LogP contribution in [0.3, 0.4) is 0 Å². The Kier molecular flexibility index (Phi) is 6.39. The fraction of sp³-hybridized carbons (Fsp3) is 1.00. The van der Waals surface area contributed by atoms with Gasteiger partial charge in [-0.05, 0) is 12.3 Å². The van der Waals surface area contributed by atoms with Gasteiger partial charge in [0.15, 0.2) is 0 Å². The molecule has 0 rings (SSSR count). The van der Waals surface area contributed by atoms with Crippen molar-refractivity contribution in [1.82, 2.24) is 5.32 Å². The van der Waals surface area contributed by atoms with Gasteiger partial charge in [-0.25, -0.2) is 0 Å². The highest BCUT2D eigenvalue weighted by atomic mass is 14.9. The molecule has 0 saturated heterocycles. The predicted octanol–water partition coefficient (Wildman–Crippen LogP) is 1.75. The molecule has 2 nitrogen and oxygen atoms in total. The molecule has 74 valence electrons. The second-order valence-corrected chi connectivity index (χ2v) is 4.07. The zero-order valence-corrected chi connectivity index (χ0v) is 8.93. The highest BCUT2D eigenvalue weighted by Crippen LogP contribution is 2.07. The molecule has 0 spiro atoms. The first-order valence-corrected chi connectivity index (χ1v) is 5.05. The lowest BCUT2D eigenvalue weighted by Crippen LogP contribution is -2.38. The number of hydrogen-bond acceptors (Lipinski definition) is 2. The summed E-state index contributed by atoms with van der Waals surface area (Å²) in [5, 5.41) is 3.35. The molecule has 0 saturated carbocycles. The molecular weight excluding hydrogens is 148 g/mol. The minimum absolute atomic E-state index is 0.322. The fourth-order valence-corrected chi connectivity index (χ4v) is 1.15. The lowest BCUT2D eigenvalue weighted by Gasteiger charge is -2.17. The molecule has 0 bridgehead atoms. The summed E-state index contributed by atoms with van der Waals surface area (Å²) in [5.41, 5.74) is 5.94. The van der Waals surface area contributed by atoms with Crippen LogP contribution < -0.4 is 11.1 Å². The maximum absolute atomic E-state index is 5.94. The molecule has 0 amide bonds. The Hall–Kier alpha value is -0.0800. The maximum Gasteiger partial charge on any atom is 0.0167 e. The van der Waals surface area contributed by atoms with Crippen molar-refractivity contribution in [3.05, 3.63) is 0 Å². The van der Waals surface area contributed by atoms with Gasteiger partial charge in [0.1, 0.15) is 0 Å². The summed E-state index contributed by atoms with van der Waals surface area (Å²) in [5.74, 6) is 0.758. The zero-order chi connectivity index (χ0) is 9.56. The molecule has 2 heteroatoms. The molecule has 0 aliphatic heterocycles. The number of nitrogens with two attached hydrogens (primary N) is 1. The SMILES string of the molecule is CC[C@H](C)C[C@H](N)CNC(C)C. The first kappa shape index (κ1) is 11.9. The van der Waals surface area contributed by atoms with Gasteiger partial charge in [0.05, 0.1) is 0 Å². The van der Waals surface area contributed by atoms with Gasteiger partial charge in [-0.15, -0.1) is 0 Å². The molecule has 0 aliphatic carbocycles. The monoisotopic (exact) mass is 172 g/mol. The van der Waals surface area contributed by atoms with E-state index in [2.05, 4.69) is 33.0 Å². The van der Waals surface area contributed by atoms with Gasteiger partial charge in [0, 0.05) is 18.6 Å². The maximum atomic E-state index is 5.94. The van der Waals surface area contributed by atoms with Crippen molar-refractivity contribution in [3.8, 4) is 0 Å². The van der Waals surface area contributed by atoms with Crippen molar-refractivity contribution < 1.29 is 0 Å². The third kappa shape index (κ3) is 6.62. The largest absolute Gasteiger partial charge is 0.327 e. The van der Waals surface area contributed by atoms with Crippen LogP contribution in [-0.2, 0) is 0 Å². The normalized spacial score (nSPS) is 16.5. The standard InChI is InChI=1S/C10H24N2/c1-5-9(4)6-10(11)7-12-8(2)3/h8-10,12H,5-7,11H2,1-4H3/t9-,10-/m0/s1. The lowest BCUT2D eigenvalue weighted by atomic mass is 10.00. The predicted molar refractivity (Wildman–Crippen MR) is 55.2 cm³/mol. The second kappa shape index (κ2) is 6.44. The summed E-state index contributed by atoms with van der Waals surface area (Å²) in [7, 11) is 0. The third-order valence-electron chi connectivity index (χ3n) is 2.19. The van der Waals surface area contributed by atoms with Crippen LogP contribution in [0.2, 0.25) is 0 Å². The van der Waals surface area contributed by atoms with Crippen LogP contribution in [0.4, 0.5) is 0 Å². The molecule has 0 radical (unpaired) electrons. The quantitative estimate of drug-likeness (QED) is 0.640. The average molecular weight is 172 g/mol. The average Bonchev–Trinajstić information content (AvgIpc) is 2.00. The van der Waals surface area contributed by atoms with E-state index in [-0.39, 0.29) is 0 Å². The molecule has 12 heavy (non-hydrogen) atoms. The second-order valence-electron chi connectivity index (χ2n) is 4.07. The molecule has 0 unspecified atom stereocenters. The molecule has 0 heterocycles. The van der Waals surface area contributed by atoms with Crippen molar-refractivity contribution in [1.29, 1.82) is 0 Å². The summed E-state index contributed by atoms with van der Waals surface area (Å²) >= 11 is 0. The summed E-state index contributed by atoms with van der Waals surface area (Å²) < 4.78 is 0. The van der Waals surface area contributed by atoms with Crippen LogP contribution in [-0.4, -0.2) is 18.6 Å². The first-order valence-electron chi connectivity index (χ1n) is 5.05. The smallest absolute Gasteiger partial charge is 0.0167 e. The van der Waals surface area contributed by atoms with E-state index in [4.69, 9.17) is 5.73 Å². The fourth-order valence-electron chi connectivity index (χ4n) is 1.15. The Morgan fingerprint density at radius 2 is 1.83 bits per heavy atom. The van der Waals surface area contributed by atoms with E-state index in [1.165, 1.54) is 6.42 Å². The summed E-state index contributed by atoms with van der Waals surface area (Å²) in [6, 6.07) is 0.871. The van der Waals surface area contributed by atoms with Gasteiger partial charge in [-0.2, -0.15) is 0 Å². The number of rotatable bonds is 6. The minimum Gasteiger partial charge on any atom is -0.327 e. The van der Waals surface area contributed by atoms with Crippen LogP contribution in [0.5, 0.6) is 0 Å². The van der Waals surface area contributed by atoms with E-state index in [9.17, 15) is 0 Å².